The summed E-state index contributed by atoms with van der Waals surface area (Å²) in [6.45, 7) is 12.8. The molecule has 2 rings (SSSR count). The largest absolute Gasteiger partial charge is 0.462 e. The van der Waals surface area contributed by atoms with E-state index < -0.39 is 80.1 Å². The van der Waals surface area contributed by atoms with Crippen LogP contribution >= 0.6 is 7.67 Å². The molecule has 0 aromatic carbocycles. The van der Waals surface area contributed by atoms with Crippen LogP contribution in [0, 0.1) is 0 Å². The van der Waals surface area contributed by atoms with Gasteiger partial charge in [0.2, 0.25) is 5.79 Å². The van der Waals surface area contributed by atoms with Gasteiger partial charge in [-0.15, -0.1) is 0 Å². The van der Waals surface area contributed by atoms with Crippen molar-refractivity contribution in [3.8, 4) is 0 Å². The smallest absolute Gasteiger partial charge is 0.342 e. The lowest BCUT2D eigenvalue weighted by Gasteiger charge is -2.37. The van der Waals surface area contributed by atoms with Crippen LogP contribution in [0.25, 0.3) is 0 Å². The van der Waals surface area contributed by atoms with Crippen molar-refractivity contribution in [3.63, 3.8) is 0 Å². The summed E-state index contributed by atoms with van der Waals surface area (Å²) in [5.41, 5.74) is -2.17. The summed E-state index contributed by atoms with van der Waals surface area (Å²) >= 11 is 0. The second kappa shape index (κ2) is 12.4. The summed E-state index contributed by atoms with van der Waals surface area (Å²) in [5.74, 6) is -4.96. The van der Waals surface area contributed by atoms with E-state index in [9.17, 15) is 29.2 Å². The molecule has 222 valence electrons. The lowest BCUT2D eigenvalue weighted by Crippen LogP contribution is -2.56. The maximum atomic E-state index is 16.1. The van der Waals surface area contributed by atoms with E-state index in [1.807, 2.05) is 0 Å². The number of aliphatic hydroxyl groups is 2. The van der Waals surface area contributed by atoms with E-state index in [2.05, 4.69) is 27.4 Å². The molecule has 0 radical (unpaired) electrons. The monoisotopic (exact) mass is 579 g/mol. The summed E-state index contributed by atoms with van der Waals surface area (Å²) in [6.07, 6.45) is -2.08. The van der Waals surface area contributed by atoms with Gasteiger partial charge in [0, 0.05) is 12.3 Å². The van der Waals surface area contributed by atoms with Gasteiger partial charge in [0.1, 0.15) is 42.4 Å². The normalized spacial score (nSPS) is 30.2. The summed E-state index contributed by atoms with van der Waals surface area (Å²) in [6, 6.07) is -2.45. The van der Waals surface area contributed by atoms with Crippen molar-refractivity contribution in [1.29, 1.82) is 0 Å². The van der Waals surface area contributed by atoms with Gasteiger partial charge >= 0.3 is 19.6 Å². The van der Waals surface area contributed by atoms with Gasteiger partial charge in [-0.2, -0.15) is 0 Å². The van der Waals surface area contributed by atoms with Gasteiger partial charge in [0.25, 0.3) is 5.91 Å². The Morgan fingerprint density at radius 3 is 2.08 bits per heavy atom. The number of carbonyl (C=O) groups is 3. The minimum Gasteiger partial charge on any atom is -0.462 e. The Labute approximate surface area is 226 Å². The first-order valence-corrected chi connectivity index (χ1v) is 14.0. The average molecular weight is 580 g/mol. The molecule has 0 bridgehead atoms. The van der Waals surface area contributed by atoms with Crippen molar-refractivity contribution < 1.29 is 47.5 Å². The van der Waals surface area contributed by atoms with Crippen LogP contribution in [0.15, 0.2) is 24.7 Å². The first-order valence-electron chi connectivity index (χ1n) is 12.4. The van der Waals surface area contributed by atoms with Gasteiger partial charge in [-0.25, -0.2) is 14.6 Å². The number of nitrogens with one attached hydrogen (secondary N) is 4. The van der Waals surface area contributed by atoms with E-state index in [0.717, 1.165) is 13.0 Å². The van der Waals surface area contributed by atoms with Gasteiger partial charge in [0.15, 0.2) is 0 Å². The van der Waals surface area contributed by atoms with Crippen molar-refractivity contribution in [2.75, 3.05) is 6.61 Å². The van der Waals surface area contributed by atoms with Gasteiger partial charge in [-0.3, -0.25) is 24.3 Å². The number of rotatable bonds is 12. The quantitative estimate of drug-likeness (QED) is 0.104. The standard InChI is InChI=1S/C23H39FN5O9P/c1-12(2)37-18(31)14(5)27-39(35,28-15(6)19(32)38-13(3)4)36-11-23(24)20(33)22(8,34)21(26-23)29-10-9-17(30)25-16(29)7/h9-10,12-15,20-21,26,33-34H,7,11H2,1-6,8H3,(H,25,30)(H2,27,28,35)/t14?,15?,20-,21-,22+,23+,39?/m0/s1. The number of hydrogen-bond donors (Lipinski definition) is 6. The van der Waals surface area contributed by atoms with Crippen LogP contribution in [0.5, 0.6) is 0 Å². The second-order valence-corrected chi connectivity index (χ2v) is 12.1. The van der Waals surface area contributed by atoms with Crippen LogP contribution in [0.1, 0.15) is 48.5 Å². The van der Waals surface area contributed by atoms with Crippen molar-refractivity contribution in [2.24, 2.45) is 0 Å². The third-order valence-corrected chi connectivity index (χ3v) is 7.70. The lowest BCUT2D eigenvalue weighted by atomic mass is 9.95. The van der Waals surface area contributed by atoms with E-state index in [1.54, 1.807) is 27.7 Å². The van der Waals surface area contributed by atoms with Crippen LogP contribution in [-0.2, 0) is 32.9 Å². The first kappa shape index (κ1) is 32.8. The zero-order valence-electron chi connectivity index (χ0n) is 23.1. The highest BCUT2D eigenvalue weighted by atomic mass is 31.2. The number of aliphatic hydroxyl groups excluding tert-OH is 1. The maximum Gasteiger partial charge on any atom is 0.342 e. The van der Waals surface area contributed by atoms with Crippen molar-refractivity contribution in [2.45, 2.75) is 96.4 Å². The molecule has 0 aromatic heterocycles. The molecule has 1 amide bonds. The highest BCUT2D eigenvalue weighted by Crippen LogP contribution is 2.44. The molecule has 2 heterocycles. The molecule has 16 heteroatoms. The van der Waals surface area contributed by atoms with E-state index in [0.29, 0.717) is 0 Å². The molecule has 2 aliphatic rings. The minimum absolute atomic E-state index is 0.00151. The molecule has 0 aliphatic carbocycles. The molecule has 14 nitrogen and oxygen atoms in total. The Morgan fingerprint density at radius 1 is 1.15 bits per heavy atom. The number of hydrogen-bond acceptors (Lipinski definition) is 11. The highest BCUT2D eigenvalue weighted by molar-refractivity contribution is 7.54. The number of nitrogens with zero attached hydrogens (tertiary/aromatic N) is 1. The van der Waals surface area contributed by atoms with Crippen LogP contribution in [-0.4, -0.2) is 87.5 Å². The molecule has 1 fully saturated rings. The number of ether oxygens (including phenoxy) is 2. The summed E-state index contributed by atoms with van der Waals surface area (Å²) in [7, 11) is -4.44. The van der Waals surface area contributed by atoms with Crippen LogP contribution < -0.4 is 20.8 Å². The minimum atomic E-state index is -4.44. The highest BCUT2D eigenvalue weighted by Gasteiger charge is 2.62. The molecule has 0 saturated carbocycles. The summed E-state index contributed by atoms with van der Waals surface area (Å²) in [5, 5.41) is 31.4. The van der Waals surface area contributed by atoms with E-state index in [1.165, 1.54) is 24.9 Å². The van der Waals surface area contributed by atoms with E-state index in [4.69, 9.17) is 14.0 Å². The molecule has 1 saturated heterocycles. The third-order valence-electron chi connectivity index (χ3n) is 5.76. The second-order valence-electron chi connectivity index (χ2n) is 10.2. The zero-order valence-corrected chi connectivity index (χ0v) is 24.0. The molecule has 6 N–H and O–H groups in total. The number of amides is 1. The average Bonchev–Trinajstić information content (AvgIpc) is 2.97. The molecule has 0 spiro atoms. The Kier molecular flexibility index (Phi) is 10.4. The summed E-state index contributed by atoms with van der Waals surface area (Å²) in [4.78, 5) is 37.4. The Morgan fingerprint density at radius 2 is 1.64 bits per heavy atom. The predicted octanol–water partition coefficient (Wildman–Crippen LogP) is 0.0942. The number of alkyl halides is 1. The molecule has 6 atom stereocenters. The fourth-order valence-electron chi connectivity index (χ4n) is 3.85. The Bertz CT molecular complexity index is 1010. The number of halogens is 1. The zero-order chi connectivity index (χ0) is 29.9. The Hall–Kier alpha value is -2.39. The van der Waals surface area contributed by atoms with Gasteiger partial charge in [-0.1, -0.05) is 6.58 Å². The van der Waals surface area contributed by atoms with E-state index in [-0.39, 0.29) is 5.82 Å². The van der Waals surface area contributed by atoms with Crippen molar-refractivity contribution in [3.05, 3.63) is 24.7 Å². The predicted molar refractivity (Wildman–Crippen MR) is 137 cm³/mol. The fourth-order valence-corrected chi connectivity index (χ4v) is 5.67. The molecular weight excluding hydrogens is 540 g/mol. The van der Waals surface area contributed by atoms with E-state index >= 15 is 4.39 Å². The molecule has 39 heavy (non-hydrogen) atoms. The maximum absolute atomic E-state index is 16.1. The Balaban J connectivity index is 2.29. The summed E-state index contributed by atoms with van der Waals surface area (Å²) < 4.78 is 45.5. The molecule has 0 aromatic rings. The van der Waals surface area contributed by atoms with Gasteiger partial charge in [0.05, 0.1) is 12.2 Å². The first-order chi connectivity index (χ1) is 17.8. The topological polar surface area (TPSA) is 188 Å². The number of carbonyl (C=O) groups excluding carboxylic acids is 3. The molecule has 2 aliphatic heterocycles. The van der Waals surface area contributed by atoms with Gasteiger partial charge in [-0.05, 0) is 48.5 Å². The van der Waals surface area contributed by atoms with Crippen LogP contribution in [0.2, 0.25) is 0 Å². The molecule has 2 unspecified atom stereocenters. The fraction of sp³-hybridized carbons (Fsp3) is 0.696. The SMILES string of the molecule is C=C1NC(=O)C=CN1[C@@H]1N[C@](F)(COP(=O)(NC(C)C(=O)OC(C)C)NC(C)C(=O)OC(C)C)[C@@H](O)[C@@]1(C)O. The third kappa shape index (κ3) is 8.07. The van der Waals surface area contributed by atoms with Crippen molar-refractivity contribution in [1.82, 2.24) is 25.7 Å². The molecular formula is C23H39FN5O9P. The van der Waals surface area contributed by atoms with Gasteiger partial charge < -0.3 is 34.4 Å². The lowest BCUT2D eigenvalue weighted by molar-refractivity contribution is -0.149. The number of esters is 2. The van der Waals surface area contributed by atoms with Crippen molar-refractivity contribution >= 4 is 25.5 Å². The van der Waals surface area contributed by atoms with Crippen LogP contribution in [0.3, 0.4) is 0 Å². The van der Waals surface area contributed by atoms with Crippen LogP contribution in [0.4, 0.5) is 4.39 Å².